The molecule has 2 aromatic carbocycles. The lowest BCUT2D eigenvalue weighted by molar-refractivity contribution is 0.355. The third-order valence-electron chi connectivity index (χ3n) is 3.99. The Kier molecular flexibility index (Phi) is 3.39. The summed E-state index contributed by atoms with van der Waals surface area (Å²) in [5.74, 6) is 0.918. The first-order chi connectivity index (χ1) is 9.48. The summed E-state index contributed by atoms with van der Waals surface area (Å²) >= 11 is -0.949. The van der Waals surface area contributed by atoms with E-state index in [0.29, 0.717) is 11.7 Å². The molecule has 0 fully saturated rings. The highest BCUT2D eigenvalue weighted by atomic mass is 32.2. The Labute approximate surface area is 124 Å². The molecule has 20 heavy (non-hydrogen) atoms. The number of fused-ring (bicyclic) bond motifs is 2. The maximum Gasteiger partial charge on any atom is 0.156 e. The van der Waals surface area contributed by atoms with Crippen molar-refractivity contribution in [2.24, 2.45) is 5.41 Å². The fourth-order valence-corrected chi connectivity index (χ4v) is 4.57. The van der Waals surface area contributed by atoms with E-state index in [1.165, 1.54) is 16.7 Å². The molecule has 0 amide bonds. The predicted molar refractivity (Wildman–Crippen MR) is 84.3 cm³/mol. The second-order valence-electron chi connectivity index (χ2n) is 6.53. The van der Waals surface area contributed by atoms with E-state index in [0.717, 1.165) is 4.90 Å². The Morgan fingerprint density at radius 3 is 2.25 bits per heavy atom. The van der Waals surface area contributed by atoms with Crippen LogP contribution >= 0.6 is 0 Å². The van der Waals surface area contributed by atoms with E-state index in [1.807, 2.05) is 18.2 Å². The lowest BCUT2D eigenvalue weighted by atomic mass is 9.71. The summed E-state index contributed by atoms with van der Waals surface area (Å²) in [6, 6.07) is 16.7. The highest BCUT2D eigenvalue weighted by Gasteiger charge is 2.36. The van der Waals surface area contributed by atoms with Crippen molar-refractivity contribution in [1.82, 2.24) is 0 Å². The summed E-state index contributed by atoms with van der Waals surface area (Å²) in [4.78, 5) is 1.00. The monoisotopic (exact) mass is 284 g/mol. The van der Waals surface area contributed by atoms with Gasteiger partial charge in [-0.1, -0.05) is 63.2 Å². The fourth-order valence-electron chi connectivity index (χ4n) is 3.19. The van der Waals surface area contributed by atoms with Gasteiger partial charge >= 0.3 is 0 Å². The molecule has 2 unspecified atom stereocenters. The summed E-state index contributed by atoms with van der Waals surface area (Å²) in [6.07, 6.45) is 0. The first-order valence-corrected chi connectivity index (χ1v) is 8.35. The smallest absolute Gasteiger partial charge is 0.156 e. The van der Waals surface area contributed by atoms with Crippen LogP contribution in [0, 0.1) is 5.41 Å². The first kappa shape index (κ1) is 13.7. The second kappa shape index (κ2) is 4.94. The van der Waals surface area contributed by atoms with Crippen molar-refractivity contribution in [3.8, 4) is 0 Å². The molecule has 1 aliphatic heterocycles. The van der Waals surface area contributed by atoms with Gasteiger partial charge in [0.1, 0.15) is 5.75 Å². The average Bonchev–Trinajstić information content (AvgIpc) is 2.52. The van der Waals surface area contributed by atoms with Crippen molar-refractivity contribution in [3.63, 3.8) is 0 Å². The van der Waals surface area contributed by atoms with Crippen LogP contribution in [0.2, 0.25) is 0 Å². The topological polar surface area (TPSA) is 23.1 Å². The third kappa shape index (κ3) is 2.27. The molecule has 0 saturated carbocycles. The SMILES string of the molecule is CC(C)(C)C1c2ccccc2C[S+]([O-])c2ccccc21. The highest BCUT2D eigenvalue weighted by molar-refractivity contribution is 7.90. The van der Waals surface area contributed by atoms with Crippen LogP contribution in [0.4, 0.5) is 0 Å². The van der Waals surface area contributed by atoms with E-state index in [2.05, 4.69) is 51.1 Å². The van der Waals surface area contributed by atoms with E-state index < -0.39 is 11.2 Å². The Hall–Kier alpha value is -1.25. The number of hydrogen-bond donors (Lipinski definition) is 0. The minimum absolute atomic E-state index is 0.0980. The normalized spacial score (nSPS) is 21.8. The maximum absolute atomic E-state index is 12.7. The van der Waals surface area contributed by atoms with Gasteiger partial charge in [-0.05, 0) is 28.2 Å². The molecule has 0 bridgehead atoms. The van der Waals surface area contributed by atoms with Crippen molar-refractivity contribution in [2.75, 3.05) is 0 Å². The fraction of sp³-hybridized carbons (Fsp3) is 0.333. The molecule has 1 heterocycles. The van der Waals surface area contributed by atoms with Crippen molar-refractivity contribution in [3.05, 3.63) is 65.2 Å². The van der Waals surface area contributed by atoms with Crippen LogP contribution in [0.15, 0.2) is 53.4 Å². The molecule has 0 aliphatic carbocycles. The van der Waals surface area contributed by atoms with Gasteiger partial charge in [-0.3, -0.25) is 0 Å². The van der Waals surface area contributed by atoms with Gasteiger partial charge in [0.05, 0.1) is 0 Å². The van der Waals surface area contributed by atoms with Crippen LogP contribution in [0.25, 0.3) is 0 Å². The van der Waals surface area contributed by atoms with Crippen molar-refractivity contribution < 1.29 is 4.55 Å². The molecule has 2 aromatic rings. The summed E-state index contributed by atoms with van der Waals surface area (Å²) in [5, 5.41) is 0. The van der Waals surface area contributed by atoms with E-state index in [9.17, 15) is 4.55 Å². The Morgan fingerprint density at radius 1 is 0.950 bits per heavy atom. The zero-order valence-corrected chi connectivity index (χ0v) is 13.0. The minimum Gasteiger partial charge on any atom is -0.611 e. The quantitative estimate of drug-likeness (QED) is 0.654. The van der Waals surface area contributed by atoms with Crippen molar-refractivity contribution >= 4 is 11.2 Å². The van der Waals surface area contributed by atoms with Gasteiger partial charge in [0.25, 0.3) is 0 Å². The van der Waals surface area contributed by atoms with E-state index >= 15 is 0 Å². The third-order valence-corrected chi connectivity index (χ3v) is 5.43. The molecule has 2 heteroatoms. The molecule has 1 nitrogen and oxygen atoms in total. The van der Waals surface area contributed by atoms with Crippen LogP contribution in [-0.4, -0.2) is 4.55 Å². The molecule has 0 spiro atoms. The largest absolute Gasteiger partial charge is 0.611 e. The number of rotatable bonds is 0. The van der Waals surface area contributed by atoms with Crippen LogP contribution in [0.5, 0.6) is 0 Å². The molecular weight excluding hydrogens is 264 g/mol. The molecule has 0 radical (unpaired) electrons. The number of hydrogen-bond acceptors (Lipinski definition) is 1. The van der Waals surface area contributed by atoms with E-state index in [-0.39, 0.29) is 5.41 Å². The second-order valence-corrected chi connectivity index (χ2v) is 7.95. The summed E-state index contributed by atoms with van der Waals surface area (Å²) in [5.41, 5.74) is 3.88. The minimum atomic E-state index is -0.949. The van der Waals surface area contributed by atoms with Crippen LogP contribution in [0.1, 0.15) is 43.4 Å². The molecule has 1 aliphatic rings. The first-order valence-electron chi connectivity index (χ1n) is 7.03. The van der Waals surface area contributed by atoms with Gasteiger partial charge in [-0.2, -0.15) is 0 Å². The van der Waals surface area contributed by atoms with Gasteiger partial charge < -0.3 is 4.55 Å². The Morgan fingerprint density at radius 2 is 1.55 bits per heavy atom. The van der Waals surface area contributed by atoms with Crippen LogP contribution in [-0.2, 0) is 16.9 Å². The van der Waals surface area contributed by atoms with E-state index in [1.54, 1.807) is 0 Å². The van der Waals surface area contributed by atoms with Gasteiger partial charge in [0.2, 0.25) is 0 Å². The lowest BCUT2D eigenvalue weighted by Gasteiger charge is -2.31. The molecule has 2 atom stereocenters. The lowest BCUT2D eigenvalue weighted by Crippen LogP contribution is -2.20. The molecule has 0 N–H and O–H groups in total. The Bertz CT molecular complexity index is 627. The maximum atomic E-state index is 12.7. The van der Waals surface area contributed by atoms with Gasteiger partial charge in [-0.25, -0.2) is 0 Å². The molecular formula is C18H20OS. The average molecular weight is 284 g/mol. The summed E-state index contributed by atoms with van der Waals surface area (Å²) in [7, 11) is 0. The van der Waals surface area contributed by atoms with E-state index in [4.69, 9.17) is 0 Å². The molecule has 0 saturated heterocycles. The van der Waals surface area contributed by atoms with Gasteiger partial charge in [0.15, 0.2) is 4.90 Å². The molecule has 3 rings (SSSR count). The van der Waals surface area contributed by atoms with Gasteiger partial charge in [-0.15, -0.1) is 0 Å². The zero-order chi connectivity index (χ0) is 14.3. The molecule has 104 valence electrons. The highest BCUT2D eigenvalue weighted by Crippen LogP contribution is 2.46. The van der Waals surface area contributed by atoms with Crippen LogP contribution in [0.3, 0.4) is 0 Å². The number of benzene rings is 2. The standard InChI is InChI=1S/C18H20OS/c1-18(2,3)17-14-9-5-4-8-13(14)12-20(19)16-11-7-6-10-15(16)17/h4-11,17H,12H2,1-3H3. The Balaban J connectivity index is 2.29. The van der Waals surface area contributed by atoms with Crippen molar-refractivity contribution in [1.29, 1.82) is 0 Å². The summed E-state index contributed by atoms with van der Waals surface area (Å²) in [6.45, 7) is 6.79. The van der Waals surface area contributed by atoms with Gasteiger partial charge in [0, 0.05) is 17.0 Å². The zero-order valence-electron chi connectivity index (χ0n) is 12.2. The summed E-state index contributed by atoms with van der Waals surface area (Å²) < 4.78 is 12.7. The van der Waals surface area contributed by atoms with Crippen molar-refractivity contribution in [2.45, 2.75) is 37.3 Å². The predicted octanol–water partition coefficient (Wildman–Crippen LogP) is 4.49. The molecule has 0 aromatic heterocycles. The van der Waals surface area contributed by atoms with Crippen LogP contribution < -0.4 is 0 Å².